The van der Waals surface area contributed by atoms with E-state index in [0.717, 1.165) is 30.8 Å². The van der Waals surface area contributed by atoms with Crippen LogP contribution in [0.5, 0.6) is 0 Å². The molecule has 0 saturated carbocycles. The molecule has 0 fully saturated rings. The predicted octanol–water partition coefficient (Wildman–Crippen LogP) is 2.34. The SMILES string of the molecule is CN(C)C(=O)COC(=O)C=Cc1ccc(NC(=O)c2cccc(NC3=NCCCN3)c2)cc1. The monoisotopic (exact) mass is 449 g/mol. The highest BCUT2D eigenvalue weighted by atomic mass is 16.5. The van der Waals surface area contributed by atoms with Crippen LogP contribution in [0.2, 0.25) is 0 Å². The molecule has 0 atom stereocenters. The van der Waals surface area contributed by atoms with E-state index in [1.165, 1.54) is 11.0 Å². The molecule has 0 aliphatic carbocycles. The maximum absolute atomic E-state index is 12.6. The van der Waals surface area contributed by atoms with Crippen LogP contribution in [0.15, 0.2) is 59.6 Å². The fraction of sp³-hybridized carbons (Fsp3) is 0.250. The third-order valence-corrected chi connectivity index (χ3v) is 4.70. The highest BCUT2D eigenvalue weighted by molar-refractivity contribution is 6.05. The number of rotatable bonds is 7. The number of hydrogen-bond donors (Lipinski definition) is 3. The third kappa shape index (κ3) is 7.49. The second-order valence-corrected chi connectivity index (χ2v) is 7.52. The number of nitrogens with zero attached hydrogens (tertiary/aromatic N) is 2. The molecule has 9 nitrogen and oxygen atoms in total. The first kappa shape index (κ1) is 23.5. The van der Waals surface area contributed by atoms with Gasteiger partial charge in [0.2, 0.25) is 0 Å². The summed E-state index contributed by atoms with van der Waals surface area (Å²) in [5.74, 6) is -0.437. The van der Waals surface area contributed by atoms with Crippen molar-refractivity contribution in [1.82, 2.24) is 10.2 Å². The van der Waals surface area contributed by atoms with Crippen molar-refractivity contribution < 1.29 is 19.1 Å². The van der Waals surface area contributed by atoms with E-state index in [9.17, 15) is 14.4 Å². The summed E-state index contributed by atoms with van der Waals surface area (Å²) in [5, 5.41) is 9.22. The first-order chi connectivity index (χ1) is 15.9. The van der Waals surface area contributed by atoms with Gasteiger partial charge in [0.25, 0.3) is 11.8 Å². The zero-order chi connectivity index (χ0) is 23.6. The molecule has 33 heavy (non-hydrogen) atoms. The van der Waals surface area contributed by atoms with Crippen LogP contribution < -0.4 is 16.0 Å². The molecule has 0 bridgehead atoms. The van der Waals surface area contributed by atoms with Gasteiger partial charge in [-0.1, -0.05) is 18.2 Å². The summed E-state index contributed by atoms with van der Waals surface area (Å²) < 4.78 is 4.88. The van der Waals surface area contributed by atoms with Crippen molar-refractivity contribution in [3.8, 4) is 0 Å². The maximum Gasteiger partial charge on any atom is 0.331 e. The van der Waals surface area contributed by atoms with Crippen molar-refractivity contribution in [3.05, 3.63) is 65.7 Å². The highest BCUT2D eigenvalue weighted by Gasteiger charge is 2.09. The highest BCUT2D eigenvalue weighted by Crippen LogP contribution is 2.15. The lowest BCUT2D eigenvalue weighted by Gasteiger charge is -2.16. The average molecular weight is 450 g/mol. The summed E-state index contributed by atoms with van der Waals surface area (Å²) in [6.07, 6.45) is 3.83. The van der Waals surface area contributed by atoms with E-state index in [-0.39, 0.29) is 18.4 Å². The van der Waals surface area contributed by atoms with Crippen LogP contribution in [0.25, 0.3) is 6.08 Å². The first-order valence-electron chi connectivity index (χ1n) is 10.5. The fourth-order valence-electron chi connectivity index (χ4n) is 2.85. The number of hydrogen-bond acceptors (Lipinski definition) is 7. The van der Waals surface area contributed by atoms with Crippen LogP contribution in [-0.4, -0.2) is 62.4 Å². The van der Waals surface area contributed by atoms with Crippen molar-refractivity contribution in [3.63, 3.8) is 0 Å². The summed E-state index contributed by atoms with van der Waals surface area (Å²) in [5.41, 5.74) is 2.65. The maximum atomic E-state index is 12.6. The molecule has 3 N–H and O–H groups in total. The minimum Gasteiger partial charge on any atom is -0.452 e. The van der Waals surface area contributed by atoms with Gasteiger partial charge in [0.05, 0.1) is 0 Å². The van der Waals surface area contributed by atoms with Gasteiger partial charge in [0, 0.05) is 50.2 Å². The molecule has 0 unspecified atom stereocenters. The number of guanidine groups is 1. The Balaban J connectivity index is 1.53. The van der Waals surface area contributed by atoms with Crippen LogP contribution in [0.1, 0.15) is 22.3 Å². The Morgan fingerprint density at radius 2 is 1.91 bits per heavy atom. The number of amides is 2. The lowest BCUT2D eigenvalue weighted by Crippen LogP contribution is -2.35. The Labute approximate surface area is 192 Å². The number of esters is 1. The van der Waals surface area contributed by atoms with E-state index in [1.807, 2.05) is 6.07 Å². The molecule has 1 aliphatic rings. The average Bonchev–Trinajstić information content (AvgIpc) is 2.82. The zero-order valence-corrected chi connectivity index (χ0v) is 18.6. The molecule has 1 heterocycles. The molecule has 0 radical (unpaired) electrons. The van der Waals surface area contributed by atoms with Gasteiger partial charge in [-0.3, -0.25) is 14.6 Å². The zero-order valence-electron chi connectivity index (χ0n) is 18.6. The van der Waals surface area contributed by atoms with E-state index in [2.05, 4.69) is 20.9 Å². The van der Waals surface area contributed by atoms with Gasteiger partial charge in [-0.25, -0.2) is 4.79 Å². The second kappa shape index (κ2) is 11.5. The number of benzene rings is 2. The summed E-state index contributed by atoms with van der Waals surface area (Å²) in [4.78, 5) is 41.5. The van der Waals surface area contributed by atoms with E-state index in [4.69, 9.17) is 4.74 Å². The van der Waals surface area contributed by atoms with Crippen molar-refractivity contribution in [2.24, 2.45) is 4.99 Å². The summed E-state index contributed by atoms with van der Waals surface area (Å²) in [7, 11) is 3.18. The molecule has 3 rings (SSSR count). The summed E-state index contributed by atoms with van der Waals surface area (Å²) in [6, 6.07) is 14.2. The second-order valence-electron chi connectivity index (χ2n) is 7.52. The van der Waals surface area contributed by atoms with E-state index in [0.29, 0.717) is 17.2 Å². The lowest BCUT2D eigenvalue weighted by molar-refractivity contribution is -0.146. The molecule has 2 amide bonds. The lowest BCUT2D eigenvalue weighted by atomic mass is 10.1. The van der Waals surface area contributed by atoms with Gasteiger partial charge < -0.3 is 25.6 Å². The molecule has 1 aliphatic heterocycles. The van der Waals surface area contributed by atoms with Crippen LogP contribution in [0, 0.1) is 0 Å². The minimum atomic E-state index is -0.606. The van der Waals surface area contributed by atoms with Gasteiger partial charge in [0.15, 0.2) is 12.6 Å². The molecular formula is C24H27N5O4. The number of anilines is 2. The standard InChI is InChI=1S/C24H27N5O4/c1-29(2)21(30)16-33-22(31)12-9-17-7-10-19(11-8-17)27-23(32)18-5-3-6-20(15-18)28-24-25-13-4-14-26-24/h3,5-12,15H,4,13-14,16H2,1-2H3,(H,27,32)(H2,25,26,28). The number of likely N-dealkylation sites (N-methyl/N-ethyl adjacent to an activating group) is 1. The van der Waals surface area contributed by atoms with Crippen molar-refractivity contribution >= 4 is 41.2 Å². The third-order valence-electron chi connectivity index (χ3n) is 4.70. The Kier molecular flexibility index (Phi) is 8.18. The van der Waals surface area contributed by atoms with Gasteiger partial charge in [-0.2, -0.15) is 0 Å². The number of aliphatic imine (C=N–C) groups is 1. The quantitative estimate of drug-likeness (QED) is 0.442. The first-order valence-corrected chi connectivity index (χ1v) is 10.5. The van der Waals surface area contributed by atoms with E-state index < -0.39 is 5.97 Å². The van der Waals surface area contributed by atoms with Gasteiger partial charge >= 0.3 is 5.97 Å². The summed E-state index contributed by atoms with van der Waals surface area (Å²) >= 11 is 0. The van der Waals surface area contributed by atoms with Gasteiger partial charge in [0.1, 0.15) is 0 Å². The van der Waals surface area contributed by atoms with Crippen LogP contribution in [0.3, 0.4) is 0 Å². The smallest absolute Gasteiger partial charge is 0.331 e. The minimum absolute atomic E-state index is 0.241. The van der Waals surface area contributed by atoms with Crippen molar-refractivity contribution in [1.29, 1.82) is 0 Å². The van der Waals surface area contributed by atoms with Crippen molar-refractivity contribution in [2.75, 3.05) is 44.4 Å². The number of ether oxygens (including phenoxy) is 1. The topological polar surface area (TPSA) is 112 Å². The Hall–Kier alpha value is -4.14. The van der Waals surface area contributed by atoms with Gasteiger partial charge in [-0.15, -0.1) is 0 Å². The Morgan fingerprint density at radius 3 is 2.61 bits per heavy atom. The molecule has 172 valence electrons. The molecule has 0 aromatic heterocycles. The number of carbonyl (C=O) groups excluding carboxylic acids is 3. The van der Waals surface area contributed by atoms with Crippen LogP contribution >= 0.6 is 0 Å². The van der Waals surface area contributed by atoms with Crippen LogP contribution in [0.4, 0.5) is 11.4 Å². The molecule has 0 saturated heterocycles. The number of nitrogens with one attached hydrogen (secondary N) is 3. The molecular weight excluding hydrogens is 422 g/mol. The molecule has 2 aromatic rings. The molecule has 9 heteroatoms. The Bertz CT molecular complexity index is 1060. The fourth-order valence-corrected chi connectivity index (χ4v) is 2.85. The normalized spacial score (nSPS) is 13.0. The van der Waals surface area contributed by atoms with Crippen molar-refractivity contribution in [2.45, 2.75) is 6.42 Å². The predicted molar refractivity (Wildman–Crippen MR) is 128 cm³/mol. The molecule has 0 spiro atoms. The Morgan fingerprint density at radius 1 is 1.12 bits per heavy atom. The van der Waals surface area contributed by atoms with Crippen LogP contribution in [-0.2, 0) is 14.3 Å². The molecule has 2 aromatic carbocycles. The van der Waals surface area contributed by atoms with E-state index >= 15 is 0 Å². The van der Waals surface area contributed by atoms with E-state index in [1.54, 1.807) is 62.6 Å². The summed E-state index contributed by atoms with van der Waals surface area (Å²) in [6.45, 7) is 1.34. The number of carbonyl (C=O) groups is 3. The largest absolute Gasteiger partial charge is 0.452 e. The van der Waals surface area contributed by atoms with Gasteiger partial charge in [-0.05, 0) is 48.4 Å².